The Kier molecular flexibility index (Phi) is 3.91. The second kappa shape index (κ2) is 4.77. The summed E-state index contributed by atoms with van der Waals surface area (Å²) >= 11 is 2.24. The molecule has 0 radical (unpaired) electrons. The molecule has 0 bridgehead atoms. The van der Waals surface area contributed by atoms with Crippen molar-refractivity contribution in [1.29, 1.82) is 0 Å². The maximum atomic E-state index is 10.2. The van der Waals surface area contributed by atoms with E-state index in [2.05, 4.69) is 27.7 Å². The van der Waals surface area contributed by atoms with Crippen molar-refractivity contribution in [3.8, 4) is 0 Å². The molecule has 0 amide bonds. The summed E-state index contributed by atoms with van der Waals surface area (Å²) in [5, 5.41) is 14.5. The van der Waals surface area contributed by atoms with Crippen LogP contribution in [0.2, 0.25) is 0 Å². The number of aliphatic carboxylic acids is 1. The molecule has 0 unspecified atom stereocenters. The standard InChI is InChI=1S/C9H13IN2O2/c1-6-9(10)7(2)12(11-6)5-3-4-8(13)14/h3-5H2,1-2H3,(H,13,14)/p-1. The Morgan fingerprint density at radius 2 is 2.21 bits per heavy atom. The number of carbonyl (C=O) groups excluding carboxylic acids is 1. The third-order valence-electron chi connectivity index (χ3n) is 2.04. The molecule has 0 N–H and O–H groups in total. The number of carbonyl (C=O) groups is 1. The Bertz CT molecular complexity index is 347. The van der Waals surface area contributed by atoms with E-state index in [0.29, 0.717) is 13.0 Å². The molecular formula is C9H12IN2O2-. The summed E-state index contributed by atoms with van der Waals surface area (Å²) in [7, 11) is 0. The van der Waals surface area contributed by atoms with Crippen molar-refractivity contribution in [3.63, 3.8) is 0 Å². The second-order valence-electron chi connectivity index (χ2n) is 3.18. The van der Waals surface area contributed by atoms with Crippen LogP contribution in [0.5, 0.6) is 0 Å². The van der Waals surface area contributed by atoms with E-state index < -0.39 is 5.97 Å². The van der Waals surface area contributed by atoms with Gasteiger partial charge in [0.2, 0.25) is 0 Å². The van der Waals surface area contributed by atoms with Crippen LogP contribution in [0.4, 0.5) is 0 Å². The van der Waals surface area contributed by atoms with Gasteiger partial charge in [-0.2, -0.15) is 5.10 Å². The largest absolute Gasteiger partial charge is 0.550 e. The Morgan fingerprint density at radius 3 is 2.64 bits per heavy atom. The number of carboxylic acids is 1. The van der Waals surface area contributed by atoms with Crippen molar-refractivity contribution in [2.24, 2.45) is 0 Å². The number of hydrogen-bond acceptors (Lipinski definition) is 3. The molecule has 0 saturated carbocycles. The maximum absolute atomic E-state index is 10.2. The molecule has 4 nitrogen and oxygen atoms in total. The minimum atomic E-state index is -0.999. The quantitative estimate of drug-likeness (QED) is 0.767. The van der Waals surface area contributed by atoms with Crippen molar-refractivity contribution >= 4 is 28.6 Å². The Morgan fingerprint density at radius 1 is 1.57 bits per heavy atom. The third kappa shape index (κ3) is 2.70. The molecule has 0 aliphatic carbocycles. The first-order valence-corrected chi connectivity index (χ1v) is 5.49. The first kappa shape index (κ1) is 11.5. The van der Waals surface area contributed by atoms with Gasteiger partial charge in [-0.1, -0.05) is 0 Å². The van der Waals surface area contributed by atoms with Crippen molar-refractivity contribution in [1.82, 2.24) is 9.78 Å². The van der Waals surface area contributed by atoms with Gasteiger partial charge in [-0.3, -0.25) is 4.68 Å². The molecule has 0 atom stereocenters. The van der Waals surface area contributed by atoms with Gasteiger partial charge in [-0.25, -0.2) is 0 Å². The van der Waals surface area contributed by atoms with Gasteiger partial charge in [-0.15, -0.1) is 0 Å². The molecule has 5 heteroatoms. The average molecular weight is 307 g/mol. The minimum Gasteiger partial charge on any atom is -0.550 e. The fourth-order valence-electron chi connectivity index (χ4n) is 1.27. The van der Waals surface area contributed by atoms with Gasteiger partial charge < -0.3 is 9.90 Å². The van der Waals surface area contributed by atoms with Crippen LogP contribution >= 0.6 is 22.6 Å². The average Bonchev–Trinajstić information content (AvgIpc) is 2.33. The lowest BCUT2D eigenvalue weighted by atomic mass is 10.3. The van der Waals surface area contributed by atoms with Gasteiger partial charge in [0.05, 0.1) is 9.26 Å². The summed E-state index contributed by atoms with van der Waals surface area (Å²) in [6.45, 7) is 4.58. The van der Waals surface area contributed by atoms with E-state index in [9.17, 15) is 9.90 Å². The number of nitrogens with zero attached hydrogens (tertiary/aromatic N) is 2. The summed E-state index contributed by atoms with van der Waals surface area (Å²) in [6.07, 6.45) is 0.662. The first-order chi connectivity index (χ1) is 6.52. The topological polar surface area (TPSA) is 58.0 Å². The lowest BCUT2D eigenvalue weighted by molar-refractivity contribution is -0.305. The summed E-state index contributed by atoms with van der Waals surface area (Å²) in [5.41, 5.74) is 2.10. The van der Waals surface area contributed by atoms with E-state index in [4.69, 9.17) is 0 Å². The van der Waals surface area contributed by atoms with Crippen LogP contribution in [0, 0.1) is 17.4 Å². The highest BCUT2D eigenvalue weighted by atomic mass is 127. The minimum absolute atomic E-state index is 0.0922. The highest BCUT2D eigenvalue weighted by Gasteiger charge is 2.07. The van der Waals surface area contributed by atoms with Crippen LogP contribution in [0.15, 0.2) is 0 Å². The normalized spacial score (nSPS) is 10.5. The zero-order valence-corrected chi connectivity index (χ0v) is 10.4. The van der Waals surface area contributed by atoms with Gasteiger partial charge in [0.1, 0.15) is 0 Å². The van der Waals surface area contributed by atoms with E-state index >= 15 is 0 Å². The van der Waals surface area contributed by atoms with Crippen LogP contribution in [-0.2, 0) is 11.3 Å². The lowest BCUT2D eigenvalue weighted by Crippen LogP contribution is -2.22. The highest BCUT2D eigenvalue weighted by molar-refractivity contribution is 14.1. The third-order valence-corrected chi connectivity index (χ3v) is 3.61. The molecule has 78 valence electrons. The van der Waals surface area contributed by atoms with E-state index in [-0.39, 0.29) is 6.42 Å². The summed E-state index contributed by atoms with van der Waals surface area (Å²) in [6, 6.07) is 0. The molecule has 0 fully saturated rings. The Hall–Kier alpha value is -0.590. The van der Waals surface area contributed by atoms with Crippen molar-refractivity contribution in [2.75, 3.05) is 0 Å². The van der Waals surface area contributed by atoms with Crippen molar-refractivity contribution in [2.45, 2.75) is 33.2 Å². The van der Waals surface area contributed by atoms with E-state index in [1.807, 2.05) is 18.5 Å². The Labute approximate surface area is 96.4 Å². The first-order valence-electron chi connectivity index (χ1n) is 4.41. The number of rotatable bonds is 4. The van der Waals surface area contributed by atoms with Crippen LogP contribution < -0.4 is 5.11 Å². The molecule has 1 rings (SSSR count). The van der Waals surface area contributed by atoms with Gasteiger partial charge in [0.15, 0.2) is 0 Å². The van der Waals surface area contributed by atoms with E-state index in [1.165, 1.54) is 0 Å². The molecule has 0 aromatic carbocycles. The van der Waals surface area contributed by atoms with Crippen LogP contribution in [0.3, 0.4) is 0 Å². The molecule has 1 aromatic heterocycles. The number of carboxylic acid groups (broad SMARTS) is 1. The van der Waals surface area contributed by atoms with E-state index in [1.54, 1.807) is 0 Å². The fraction of sp³-hybridized carbons (Fsp3) is 0.556. The number of aryl methyl sites for hydroxylation is 2. The molecule has 1 aromatic rings. The fourth-order valence-corrected chi connectivity index (χ4v) is 1.65. The highest BCUT2D eigenvalue weighted by Crippen LogP contribution is 2.15. The molecule has 14 heavy (non-hydrogen) atoms. The van der Waals surface area contributed by atoms with Crippen LogP contribution in [0.25, 0.3) is 0 Å². The van der Waals surface area contributed by atoms with E-state index in [0.717, 1.165) is 15.0 Å². The number of halogens is 1. The predicted octanol–water partition coefficient (Wildman–Crippen LogP) is 0.635. The molecule has 0 aliphatic heterocycles. The summed E-state index contributed by atoms with van der Waals surface area (Å²) in [4.78, 5) is 10.2. The van der Waals surface area contributed by atoms with Crippen LogP contribution in [0.1, 0.15) is 24.2 Å². The van der Waals surface area contributed by atoms with Crippen LogP contribution in [-0.4, -0.2) is 15.7 Å². The van der Waals surface area contributed by atoms with Crippen molar-refractivity contribution < 1.29 is 9.90 Å². The molecule has 0 saturated heterocycles. The molecular weight excluding hydrogens is 295 g/mol. The van der Waals surface area contributed by atoms with Gasteiger partial charge >= 0.3 is 0 Å². The summed E-state index contributed by atoms with van der Waals surface area (Å²) in [5.74, 6) is -0.999. The number of aromatic nitrogens is 2. The van der Waals surface area contributed by atoms with Gasteiger partial charge in [0, 0.05) is 18.2 Å². The predicted molar refractivity (Wildman–Crippen MR) is 58.7 cm³/mol. The lowest BCUT2D eigenvalue weighted by Gasteiger charge is -2.04. The van der Waals surface area contributed by atoms with Gasteiger partial charge in [0.25, 0.3) is 0 Å². The number of hydrogen-bond donors (Lipinski definition) is 0. The zero-order valence-electron chi connectivity index (χ0n) is 8.21. The monoisotopic (exact) mass is 307 g/mol. The Balaban J connectivity index is 2.59. The van der Waals surface area contributed by atoms with Gasteiger partial charge in [-0.05, 0) is 49.3 Å². The SMILES string of the molecule is Cc1nn(CCCC(=O)[O-])c(C)c1I. The zero-order chi connectivity index (χ0) is 10.7. The molecule has 0 aliphatic rings. The smallest absolute Gasteiger partial charge is 0.0729 e. The molecule has 1 heterocycles. The molecule has 0 spiro atoms. The van der Waals surface area contributed by atoms with Crippen molar-refractivity contribution in [3.05, 3.63) is 15.0 Å². The summed E-state index contributed by atoms with van der Waals surface area (Å²) < 4.78 is 3.00. The second-order valence-corrected chi connectivity index (χ2v) is 4.26. The maximum Gasteiger partial charge on any atom is 0.0729 e.